The van der Waals surface area contributed by atoms with Crippen molar-refractivity contribution in [2.45, 2.75) is 0 Å². The molecule has 0 saturated carbocycles. The first-order chi connectivity index (χ1) is 17.2. The number of nitriles is 2. The molecule has 0 N–H and O–H groups in total. The lowest BCUT2D eigenvalue weighted by molar-refractivity contribution is 0.174. The van der Waals surface area contributed by atoms with Crippen LogP contribution < -0.4 is 9.47 Å². The highest BCUT2D eigenvalue weighted by Crippen LogP contribution is 2.54. The number of hydrogen-bond donors (Lipinski definition) is 0. The van der Waals surface area contributed by atoms with E-state index in [0.29, 0.717) is 58.9 Å². The second-order valence-corrected chi connectivity index (χ2v) is 8.18. The number of allylic oxidation sites excluding steroid dienone is 3. The lowest BCUT2D eigenvalue weighted by Gasteiger charge is -2.16. The van der Waals surface area contributed by atoms with E-state index in [4.69, 9.17) is 23.6 Å². The normalized spacial score (nSPS) is 13.8. The molecule has 0 atom stereocenters. The molecule has 0 radical (unpaired) electrons. The summed E-state index contributed by atoms with van der Waals surface area (Å²) in [4.78, 5) is 9.14. The fraction of sp³-hybridized carbons (Fsp3) is 0.154. The lowest BCUT2D eigenvalue weighted by atomic mass is 10.2. The maximum atomic E-state index is 9.22. The summed E-state index contributed by atoms with van der Waals surface area (Å²) in [5, 5.41) is 18.3. The van der Waals surface area contributed by atoms with Crippen molar-refractivity contribution in [2.24, 2.45) is 9.98 Å². The van der Waals surface area contributed by atoms with E-state index in [0.717, 1.165) is 9.75 Å². The van der Waals surface area contributed by atoms with E-state index < -0.39 is 0 Å². The maximum Gasteiger partial charge on any atom is 0.183 e. The Morgan fingerprint density at radius 3 is 2.29 bits per heavy atom. The van der Waals surface area contributed by atoms with E-state index >= 15 is 0 Å². The van der Waals surface area contributed by atoms with Crippen LogP contribution in [0.4, 0.5) is 0 Å². The van der Waals surface area contributed by atoms with Crippen molar-refractivity contribution < 1.29 is 18.3 Å². The summed E-state index contributed by atoms with van der Waals surface area (Å²) in [6, 6.07) is 11.4. The highest BCUT2D eigenvalue weighted by molar-refractivity contribution is 7.19. The molecule has 4 heterocycles. The smallest absolute Gasteiger partial charge is 0.183 e. The van der Waals surface area contributed by atoms with Crippen molar-refractivity contribution in [3.63, 3.8) is 0 Å². The fourth-order valence-electron chi connectivity index (χ4n) is 3.29. The van der Waals surface area contributed by atoms with Crippen LogP contribution in [-0.2, 0) is 0 Å². The molecule has 9 heteroatoms. The van der Waals surface area contributed by atoms with Gasteiger partial charge in [-0.15, -0.1) is 11.3 Å². The van der Waals surface area contributed by atoms with Crippen LogP contribution in [0.15, 0.2) is 66.4 Å². The minimum Gasteiger partial charge on any atom is -0.484 e. The lowest BCUT2D eigenvalue weighted by Crippen LogP contribution is -2.14. The van der Waals surface area contributed by atoms with Gasteiger partial charge in [0.2, 0.25) is 0 Å². The minimum atomic E-state index is 0.264. The molecule has 0 bridgehead atoms. The Bertz CT molecular complexity index is 1440. The second kappa shape index (κ2) is 11.0. The summed E-state index contributed by atoms with van der Waals surface area (Å²) >= 11 is 1.43. The van der Waals surface area contributed by atoms with Gasteiger partial charge >= 0.3 is 0 Å². The topological polar surface area (TPSA) is 117 Å². The molecule has 4 rings (SSSR count). The van der Waals surface area contributed by atoms with Crippen LogP contribution in [-0.4, -0.2) is 39.7 Å². The van der Waals surface area contributed by atoms with Crippen LogP contribution in [0.5, 0.6) is 11.5 Å². The predicted molar refractivity (Wildman–Crippen MR) is 136 cm³/mol. The first-order valence-electron chi connectivity index (χ1n) is 10.5. The summed E-state index contributed by atoms with van der Waals surface area (Å²) in [5.41, 5.74) is 0.887. The van der Waals surface area contributed by atoms with E-state index in [-0.39, 0.29) is 6.54 Å². The van der Waals surface area contributed by atoms with Gasteiger partial charge in [-0.3, -0.25) is 9.98 Å². The Kier molecular flexibility index (Phi) is 7.41. The third-order valence-electron chi connectivity index (χ3n) is 4.78. The van der Waals surface area contributed by atoms with Gasteiger partial charge in [0.25, 0.3) is 0 Å². The molecule has 0 amide bonds. The average molecular weight is 485 g/mol. The molecular weight excluding hydrogens is 464 g/mol. The summed E-state index contributed by atoms with van der Waals surface area (Å²) in [5.74, 6) is 3.57. The van der Waals surface area contributed by atoms with Crippen molar-refractivity contribution in [2.75, 3.05) is 26.8 Å². The molecule has 1 aliphatic rings. The van der Waals surface area contributed by atoms with Crippen molar-refractivity contribution in [1.29, 1.82) is 10.5 Å². The average Bonchev–Trinajstić information content (AvgIpc) is 3.61. The van der Waals surface area contributed by atoms with Crippen molar-refractivity contribution in [1.82, 2.24) is 0 Å². The predicted octanol–water partition coefficient (Wildman–Crippen LogP) is 5.81. The van der Waals surface area contributed by atoms with Crippen LogP contribution in [0.2, 0.25) is 0 Å². The number of thiophene rings is 1. The molecule has 0 fully saturated rings. The molecule has 0 saturated heterocycles. The molecule has 35 heavy (non-hydrogen) atoms. The summed E-state index contributed by atoms with van der Waals surface area (Å²) in [6.07, 6.45) is 8.27. The van der Waals surface area contributed by atoms with E-state index in [1.165, 1.54) is 17.6 Å². The van der Waals surface area contributed by atoms with Gasteiger partial charge in [0.05, 0.1) is 23.8 Å². The van der Waals surface area contributed by atoms with Crippen molar-refractivity contribution in [3.8, 4) is 44.9 Å². The van der Waals surface area contributed by atoms with Crippen LogP contribution in [0.3, 0.4) is 0 Å². The number of hydrogen-bond acceptors (Lipinski definition) is 9. The summed E-state index contributed by atoms with van der Waals surface area (Å²) in [7, 11) is 1.60. The van der Waals surface area contributed by atoms with Gasteiger partial charge in [0.1, 0.15) is 52.1 Å². The Hall–Kier alpha value is -4.60. The third-order valence-corrected chi connectivity index (χ3v) is 5.96. The second-order valence-electron chi connectivity index (χ2n) is 7.16. The number of ether oxygens (including phenoxy) is 2. The van der Waals surface area contributed by atoms with Gasteiger partial charge in [-0.1, -0.05) is 6.08 Å². The standard InChI is InChI=1S/C26H20N4O4S/c1-29-15-17(13-27)4-3-5-19-6-8-21(33-19)25-23-24(32-11-10-31-23)26(35-25)22-9-7-20(34-22)12-18(14-28)16-30-2/h3-9,12,16H,1,10-11,15H2,2H3/b5-3+,17-4+,18-12-,30-16?. The third kappa shape index (κ3) is 5.32. The van der Waals surface area contributed by atoms with E-state index in [2.05, 4.69) is 28.8 Å². The Balaban J connectivity index is 1.65. The van der Waals surface area contributed by atoms with Gasteiger partial charge in [0, 0.05) is 19.3 Å². The first-order valence-corrected chi connectivity index (χ1v) is 11.3. The molecular formula is C26H20N4O4S. The maximum absolute atomic E-state index is 9.22. The fourth-order valence-corrected chi connectivity index (χ4v) is 4.40. The van der Waals surface area contributed by atoms with Gasteiger partial charge in [-0.25, -0.2) is 0 Å². The molecule has 0 spiro atoms. The Morgan fingerprint density at radius 1 is 1.03 bits per heavy atom. The Labute approximate surface area is 206 Å². The zero-order valence-electron chi connectivity index (χ0n) is 18.9. The van der Waals surface area contributed by atoms with E-state index in [9.17, 15) is 5.26 Å². The van der Waals surface area contributed by atoms with Crippen molar-refractivity contribution in [3.05, 3.63) is 59.1 Å². The molecule has 1 aliphatic heterocycles. The van der Waals surface area contributed by atoms with Crippen LogP contribution in [0.1, 0.15) is 11.5 Å². The molecule has 174 valence electrons. The van der Waals surface area contributed by atoms with Gasteiger partial charge in [-0.2, -0.15) is 10.5 Å². The molecule has 3 aromatic heterocycles. The quantitative estimate of drug-likeness (QED) is 0.226. The monoisotopic (exact) mass is 484 g/mol. The molecule has 0 aliphatic carbocycles. The van der Waals surface area contributed by atoms with E-state index in [1.807, 2.05) is 18.2 Å². The van der Waals surface area contributed by atoms with Crippen LogP contribution >= 0.6 is 11.3 Å². The Morgan fingerprint density at radius 2 is 1.69 bits per heavy atom. The number of nitrogens with zero attached hydrogens (tertiary/aromatic N) is 4. The highest BCUT2D eigenvalue weighted by Gasteiger charge is 2.29. The van der Waals surface area contributed by atoms with Crippen LogP contribution in [0, 0.1) is 22.7 Å². The zero-order valence-corrected chi connectivity index (χ0v) is 19.7. The number of furan rings is 2. The summed E-state index contributed by atoms with van der Waals surface area (Å²) < 4.78 is 23.8. The van der Waals surface area contributed by atoms with Gasteiger partial charge in [0.15, 0.2) is 11.5 Å². The number of rotatable bonds is 8. The zero-order chi connectivity index (χ0) is 24.6. The first kappa shape index (κ1) is 23.6. The van der Waals surface area contributed by atoms with Gasteiger partial charge in [-0.05, 0) is 43.1 Å². The molecule has 0 unspecified atom stereocenters. The van der Waals surface area contributed by atoms with Crippen molar-refractivity contribution >= 4 is 36.4 Å². The molecule has 0 aromatic carbocycles. The minimum absolute atomic E-state index is 0.264. The van der Waals surface area contributed by atoms with E-state index in [1.54, 1.807) is 37.4 Å². The molecule has 3 aromatic rings. The molecule has 8 nitrogen and oxygen atoms in total. The highest BCUT2D eigenvalue weighted by atomic mass is 32.1. The number of aliphatic imine (C=N–C) groups is 2. The number of fused-ring (bicyclic) bond motifs is 1. The summed E-state index contributed by atoms with van der Waals surface area (Å²) in [6.45, 7) is 4.52. The largest absolute Gasteiger partial charge is 0.484 e. The van der Waals surface area contributed by atoms with Gasteiger partial charge < -0.3 is 18.3 Å². The van der Waals surface area contributed by atoms with Crippen LogP contribution in [0.25, 0.3) is 33.4 Å². The SMILES string of the molecule is C=NC/C(C#N)=C/C=C/c1ccc(-c2sc(-c3ccc(/C=C(/C#N)C=NC)o3)c3c2OCCO3)o1.